The second kappa shape index (κ2) is 10.7. The van der Waals surface area contributed by atoms with Gasteiger partial charge in [0.25, 0.3) is 0 Å². The van der Waals surface area contributed by atoms with Crippen molar-refractivity contribution in [2.24, 2.45) is 0 Å². The molecule has 0 radical (unpaired) electrons. The molecule has 5 aromatic rings. The van der Waals surface area contributed by atoms with Gasteiger partial charge in [0.05, 0.1) is 17.4 Å². The summed E-state index contributed by atoms with van der Waals surface area (Å²) in [6.45, 7) is 10.9. The van der Waals surface area contributed by atoms with Gasteiger partial charge in [-0.15, -0.1) is 18.5 Å². The van der Waals surface area contributed by atoms with Crippen LogP contribution in [0.4, 0.5) is 5.82 Å². The summed E-state index contributed by atoms with van der Waals surface area (Å²) in [7, 11) is 5.51. The Morgan fingerprint density at radius 2 is 1.90 bits per heavy atom. The number of nitrogens with one attached hydrogen (secondary N) is 1. The van der Waals surface area contributed by atoms with Crippen molar-refractivity contribution < 1.29 is 4.79 Å². The van der Waals surface area contributed by atoms with Crippen LogP contribution in [0.2, 0.25) is 0 Å². The second-order valence-electron chi connectivity index (χ2n) is 10.7. The minimum Gasteiger partial charge on any atom is -0.350 e. The number of aromatic amines is 1. The number of carbonyl (C=O) groups is 1. The van der Waals surface area contributed by atoms with Gasteiger partial charge in [0.1, 0.15) is 11.3 Å². The van der Waals surface area contributed by atoms with E-state index in [4.69, 9.17) is 0 Å². The highest BCUT2D eigenvalue weighted by molar-refractivity contribution is 7.36. The number of hydrogen-bond acceptors (Lipinski definition) is 6. The molecule has 11 heteroatoms. The fourth-order valence-corrected chi connectivity index (χ4v) is 6.80. The number of rotatable bonds is 3. The molecule has 2 unspecified atom stereocenters. The SMILES string of the molecule is C=CC(=O)N1CCN(c2nc(=O)n3c4c(CC)[nH]cnc4ccc4ccc(P)c(P)c4c4c(C)cc2c3c4=O)[C@@H](C)C1. The third-order valence-electron chi connectivity index (χ3n) is 8.23. The average molecular weight is 599 g/mol. The Bertz CT molecular complexity index is 2120. The molecule has 1 N–H and O–H groups in total. The van der Waals surface area contributed by atoms with Crippen LogP contribution in [0.15, 0.2) is 58.9 Å². The summed E-state index contributed by atoms with van der Waals surface area (Å²) in [6, 6.07) is 9.67. The summed E-state index contributed by atoms with van der Waals surface area (Å²) in [5.41, 5.74) is 2.09. The highest BCUT2D eigenvalue weighted by Crippen LogP contribution is 2.30. The molecule has 3 atom stereocenters. The van der Waals surface area contributed by atoms with Gasteiger partial charge in [0, 0.05) is 47.5 Å². The summed E-state index contributed by atoms with van der Waals surface area (Å²) < 4.78 is 1.44. The quantitative estimate of drug-likeness (QED) is 0.253. The van der Waals surface area contributed by atoms with E-state index in [1.165, 1.54) is 10.5 Å². The average Bonchev–Trinajstić information content (AvgIpc) is 2.98. The molecule has 4 heterocycles. The van der Waals surface area contributed by atoms with E-state index in [0.717, 1.165) is 32.6 Å². The summed E-state index contributed by atoms with van der Waals surface area (Å²) in [5, 5.41) is 4.67. The lowest BCUT2D eigenvalue weighted by molar-refractivity contribution is -0.126. The number of amides is 1. The van der Waals surface area contributed by atoms with Gasteiger partial charge in [-0.2, -0.15) is 4.98 Å². The Morgan fingerprint density at radius 3 is 2.62 bits per heavy atom. The fourth-order valence-electron chi connectivity index (χ4n) is 6.15. The van der Waals surface area contributed by atoms with Crippen LogP contribution in [0.1, 0.15) is 25.1 Å². The molecule has 214 valence electrons. The van der Waals surface area contributed by atoms with Gasteiger partial charge in [0.2, 0.25) is 11.3 Å². The summed E-state index contributed by atoms with van der Waals surface area (Å²) in [4.78, 5) is 57.4. The molecule has 0 saturated carbocycles. The zero-order valence-electron chi connectivity index (χ0n) is 23.8. The molecular weight excluding hydrogens is 566 g/mol. The lowest BCUT2D eigenvalue weighted by Gasteiger charge is -2.40. The smallest absolute Gasteiger partial charge is 0.350 e. The molecule has 3 aromatic heterocycles. The highest BCUT2D eigenvalue weighted by Gasteiger charge is 2.29. The maximum Gasteiger partial charge on any atom is 0.354 e. The number of hydrogen-bond donors (Lipinski definition) is 1. The van der Waals surface area contributed by atoms with E-state index in [1.807, 2.05) is 56.0 Å². The Hall–Kier alpha value is -3.93. The molecule has 9 nitrogen and oxygen atoms in total. The van der Waals surface area contributed by atoms with Crippen LogP contribution in [0.3, 0.4) is 0 Å². The minimum absolute atomic E-state index is 0.132. The first-order chi connectivity index (χ1) is 20.2. The summed E-state index contributed by atoms with van der Waals surface area (Å²) >= 11 is 0. The van der Waals surface area contributed by atoms with Gasteiger partial charge in [-0.05, 0) is 60.0 Å². The van der Waals surface area contributed by atoms with Crippen LogP contribution in [0.25, 0.3) is 38.1 Å². The van der Waals surface area contributed by atoms with Gasteiger partial charge in [-0.1, -0.05) is 31.7 Å². The third kappa shape index (κ3) is 4.34. The van der Waals surface area contributed by atoms with Crippen molar-refractivity contribution in [2.45, 2.75) is 33.2 Å². The van der Waals surface area contributed by atoms with Gasteiger partial charge < -0.3 is 14.8 Å². The lowest BCUT2D eigenvalue weighted by Crippen LogP contribution is -2.54. The number of aromatic nitrogens is 4. The summed E-state index contributed by atoms with van der Waals surface area (Å²) in [6.07, 6.45) is 3.51. The van der Waals surface area contributed by atoms with E-state index in [0.29, 0.717) is 53.7 Å². The van der Waals surface area contributed by atoms with Gasteiger partial charge >= 0.3 is 5.69 Å². The first kappa shape index (κ1) is 28.2. The van der Waals surface area contributed by atoms with Crippen LogP contribution >= 0.6 is 18.5 Å². The number of carbonyl (C=O) groups excluding carboxylic acids is 1. The highest BCUT2D eigenvalue weighted by atomic mass is 31.0. The number of fused-ring (bicyclic) bond motifs is 5. The molecule has 6 rings (SSSR count). The molecule has 42 heavy (non-hydrogen) atoms. The van der Waals surface area contributed by atoms with Crippen molar-refractivity contribution in [3.8, 4) is 0 Å². The Balaban J connectivity index is 1.84. The molecule has 1 aliphatic heterocycles. The minimum atomic E-state index is -0.557. The molecule has 1 fully saturated rings. The molecule has 0 spiro atoms. The maximum atomic E-state index is 14.8. The van der Waals surface area contributed by atoms with Crippen LogP contribution in [0, 0.1) is 6.92 Å². The van der Waals surface area contributed by atoms with Gasteiger partial charge in [-0.3, -0.25) is 14.0 Å². The first-order valence-electron chi connectivity index (χ1n) is 13.9. The molecule has 2 bridgehead atoms. The van der Waals surface area contributed by atoms with Crippen molar-refractivity contribution >= 4 is 78.9 Å². The fraction of sp³-hybridized carbons (Fsp3) is 0.258. The van der Waals surface area contributed by atoms with Crippen molar-refractivity contribution in [3.05, 3.63) is 81.3 Å². The number of benzene rings is 2. The molecular formula is C31H32N6O3P2. The van der Waals surface area contributed by atoms with E-state index < -0.39 is 5.69 Å². The van der Waals surface area contributed by atoms with Crippen LogP contribution in [0.5, 0.6) is 0 Å². The monoisotopic (exact) mass is 598 g/mol. The zero-order valence-corrected chi connectivity index (χ0v) is 26.1. The van der Waals surface area contributed by atoms with Crippen LogP contribution in [-0.2, 0) is 11.2 Å². The van der Waals surface area contributed by atoms with Crippen molar-refractivity contribution in [1.82, 2.24) is 24.3 Å². The maximum absolute atomic E-state index is 14.8. The second-order valence-corrected chi connectivity index (χ2v) is 11.9. The molecule has 2 aromatic carbocycles. The zero-order chi connectivity index (χ0) is 29.9. The number of anilines is 1. The van der Waals surface area contributed by atoms with Crippen LogP contribution in [-0.4, -0.2) is 55.8 Å². The van der Waals surface area contributed by atoms with E-state index in [-0.39, 0.29) is 22.9 Å². The van der Waals surface area contributed by atoms with E-state index in [9.17, 15) is 14.4 Å². The van der Waals surface area contributed by atoms with Crippen molar-refractivity contribution in [3.63, 3.8) is 0 Å². The topological polar surface area (TPSA) is 104 Å². The van der Waals surface area contributed by atoms with Crippen molar-refractivity contribution in [2.75, 3.05) is 24.5 Å². The molecule has 1 aliphatic rings. The predicted molar refractivity (Wildman–Crippen MR) is 178 cm³/mol. The number of nitrogens with zero attached hydrogens (tertiary/aromatic N) is 5. The van der Waals surface area contributed by atoms with Crippen molar-refractivity contribution in [1.29, 1.82) is 0 Å². The largest absolute Gasteiger partial charge is 0.354 e. The number of aryl methyl sites for hydroxylation is 2. The normalized spacial score (nSPS) is 15.6. The van der Waals surface area contributed by atoms with Gasteiger partial charge in [-0.25, -0.2) is 9.78 Å². The first-order valence-corrected chi connectivity index (χ1v) is 15.0. The van der Waals surface area contributed by atoms with E-state index in [2.05, 4.69) is 40.0 Å². The predicted octanol–water partition coefficient (Wildman–Crippen LogP) is 2.89. The standard InChI is InChI=1S/C31H32N6O3P2/c1-5-20-27-21(33-15-32-20)9-7-18-8-10-22(41)29(42)25(18)24-16(3)13-19-26(28(24)39)37(27)31(40)34-30(19)36-12-11-35(14-17(36)4)23(38)6-2/h6-10,13,15,17H,2,5,11-12,14,41-42H2,1,3-4H3,(H,32,33)/t17-/m0/s1. The molecule has 0 aliphatic carbocycles. The Kier molecular flexibility index (Phi) is 7.20. The molecule has 1 saturated heterocycles. The van der Waals surface area contributed by atoms with E-state index >= 15 is 0 Å². The lowest BCUT2D eigenvalue weighted by atomic mass is 10.00. The summed E-state index contributed by atoms with van der Waals surface area (Å²) in [5.74, 6) is 0.315. The number of piperazine rings is 1. The Morgan fingerprint density at radius 1 is 1.14 bits per heavy atom. The van der Waals surface area contributed by atoms with Crippen LogP contribution < -0.4 is 26.6 Å². The third-order valence-corrected chi connectivity index (χ3v) is 9.68. The number of H-pyrrole nitrogens is 1. The molecule has 1 amide bonds. The Labute approximate surface area is 246 Å². The van der Waals surface area contributed by atoms with Gasteiger partial charge in [0.15, 0.2) is 0 Å². The van der Waals surface area contributed by atoms with E-state index in [1.54, 1.807) is 11.2 Å².